The second kappa shape index (κ2) is 6.36. The van der Waals surface area contributed by atoms with Crippen molar-refractivity contribution in [1.29, 1.82) is 0 Å². The maximum absolute atomic E-state index is 10.3. The first-order valence-corrected chi connectivity index (χ1v) is 6.09. The van der Waals surface area contributed by atoms with E-state index in [1.165, 1.54) is 0 Å². The summed E-state index contributed by atoms with van der Waals surface area (Å²) < 4.78 is 5.39. The highest BCUT2D eigenvalue weighted by Crippen LogP contribution is 2.36. The average Bonchev–Trinajstić information content (AvgIpc) is 2.29. The maximum Gasteiger partial charge on any atom is 0.235 e. The lowest BCUT2D eigenvalue weighted by Crippen LogP contribution is -1.97. The summed E-state index contributed by atoms with van der Waals surface area (Å²) in [5.41, 5.74) is 0.921. The van der Waals surface area contributed by atoms with Crippen molar-refractivity contribution in [3.8, 4) is 5.75 Å². The fraction of sp³-hybridized carbons (Fsp3) is 0.417. The molecule has 0 saturated heterocycles. The van der Waals surface area contributed by atoms with Gasteiger partial charge >= 0.3 is 0 Å². The van der Waals surface area contributed by atoms with E-state index in [1.54, 1.807) is 25.0 Å². The quantitative estimate of drug-likeness (QED) is 0.448. The van der Waals surface area contributed by atoms with Crippen LogP contribution in [0.4, 0.5) is 0 Å². The summed E-state index contributed by atoms with van der Waals surface area (Å²) in [6.07, 6.45) is 1.58. The number of carbonyl (C=O) groups excluding carboxylic acids is 1. The number of rotatable bonds is 5. The van der Waals surface area contributed by atoms with Crippen molar-refractivity contribution in [1.82, 2.24) is 0 Å². The summed E-state index contributed by atoms with van der Waals surface area (Å²) in [7, 11) is 1.63. The fourth-order valence-corrected chi connectivity index (χ4v) is 2.32. The van der Waals surface area contributed by atoms with E-state index in [2.05, 4.69) is 11.9 Å². The Morgan fingerprint density at radius 2 is 2.31 bits per heavy atom. The minimum absolute atomic E-state index is 0.218. The molecule has 0 aromatic heterocycles. The van der Waals surface area contributed by atoms with Crippen LogP contribution < -0.4 is 4.74 Å². The van der Waals surface area contributed by atoms with Crippen molar-refractivity contribution in [2.24, 2.45) is 4.99 Å². The molecule has 86 valence electrons. The van der Waals surface area contributed by atoms with Crippen molar-refractivity contribution >= 4 is 17.8 Å². The fourth-order valence-electron chi connectivity index (χ4n) is 1.50. The van der Waals surface area contributed by atoms with Crippen LogP contribution >= 0.6 is 11.8 Å². The SMILES string of the molecule is CCSc1cccc(C(C)N=C=O)c1OC. The van der Waals surface area contributed by atoms with Gasteiger partial charge in [0.05, 0.1) is 13.2 Å². The van der Waals surface area contributed by atoms with Crippen LogP contribution in [0.1, 0.15) is 25.5 Å². The molecule has 4 heteroatoms. The van der Waals surface area contributed by atoms with Crippen molar-refractivity contribution in [3.05, 3.63) is 23.8 Å². The second-order valence-corrected chi connectivity index (χ2v) is 4.51. The van der Waals surface area contributed by atoms with Gasteiger partial charge in [0, 0.05) is 10.5 Å². The van der Waals surface area contributed by atoms with Gasteiger partial charge in [0.15, 0.2) is 0 Å². The minimum atomic E-state index is -0.218. The van der Waals surface area contributed by atoms with Gasteiger partial charge in [-0.25, -0.2) is 4.79 Å². The average molecular weight is 237 g/mol. The third kappa shape index (κ3) is 2.87. The number of ether oxygens (including phenoxy) is 1. The van der Waals surface area contributed by atoms with E-state index >= 15 is 0 Å². The number of thioether (sulfide) groups is 1. The third-order valence-corrected chi connectivity index (χ3v) is 3.13. The number of isocyanates is 1. The van der Waals surface area contributed by atoms with Crippen LogP contribution in [0.2, 0.25) is 0 Å². The van der Waals surface area contributed by atoms with Gasteiger partial charge in [-0.3, -0.25) is 0 Å². The zero-order chi connectivity index (χ0) is 12.0. The molecule has 0 N–H and O–H groups in total. The number of aliphatic imine (C=N–C) groups is 1. The first-order valence-electron chi connectivity index (χ1n) is 5.11. The largest absolute Gasteiger partial charge is 0.495 e. The summed E-state index contributed by atoms with van der Waals surface area (Å²) in [5.74, 6) is 1.78. The Morgan fingerprint density at radius 1 is 1.56 bits per heavy atom. The lowest BCUT2D eigenvalue weighted by molar-refractivity contribution is 0.397. The van der Waals surface area contributed by atoms with Crippen LogP contribution in [0, 0.1) is 0 Å². The summed E-state index contributed by atoms with van der Waals surface area (Å²) in [5, 5.41) is 0. The van der Waals surface area contributed by atoms with Gasteiger partial charge in [-0.05, 0) is 18.7 Å². The Morgan fingerprint density at radius 3 is 2.88 bits per heavy atom. The summed E-state index contributed by atoms with van der Waals surface area (Å²) in [6, 6.07) is 5.66. The van der Waals surface area contributed by atoms with Crippen molar-refractivity contribution in [3.63, 3.8) is 0 Å². The molecule has 0 bridgehead atoms. The highest BCUT2D eigenvalue weighted by Gasteiger charge is 2.13. The Labute approximate surface area is 99.9 Å². The van der Waals surface area contributed by atoms with Crippen LogP contribution in [-0.4, -0.2) is 18.9 Å². The van der Waals surface area contributed by atoms with Gasteiger partial charge in [-0.15, -0.1) is 11.8 Å². The van der Waals surface area contributed by atoms with Crippen LogP contribution in [0.25, 0.3) is 0 Å². The lowest BCUT2D eigenvalue weighted by Gasteiger charge is -2.14. The summed E-state index contributed by atoms with van der Waals surface area (Å²) in [6.45, 7) is 3.94. The molecule has 16 heavy (non-hydrogen) atoms. The molecule has 3 nitrogen and oxygen atoms in total. The molecule has 0 saturated carbocycles. The van der Waals surface area contributed by atoms with Crippen LogP contribution in [-0.2, 0) is 4.79 Å². The zero-order valence-corrected chi connectivity index (χ0v) is 10.5. The lowest BCUT2D eigenvalue weighted by atomic mass is 10.1. The van der Waals surface area contributed by atoms with Crippen LogP contribution in [0.3, 0.4) is 0 Å². The van der Waals surface area contributed by atoms with Crippen LogP contribution in [0.5, 0.6) is 5.75 Å². The minimum Gasteiger partial charge on any atom is -0.495 e. The topological polar surface area (TPSA) is 38.7 Å². The van der Waals surface area contributed by atoms with E-state index in [1.807, 2.05) is 25.1 Å². The molecule has 0 heterocycles. The van der Waals surface area contributed by atoms with Gasteiger partial charge in [0.1, 0.15) is 5.75 Å². The van der Waals surface area contributed by atoms with Crippen molar-refractivity contribution in [2.75, 3.05) is 12.9 Å². The van der Waals surface area contributed by atoms with Gasteiger partial charge in [-0.1, -0.05) is 19.1 Å². The first kappa shape index (κ1) is 12.8. The molecule has 0 aliphatic rings. The number of para-hydroxylation sites is 1. The second-order valence-electron chi connectivity index (χ2n) is 3.21. The summed E-state index contributed by atoms with van der Waals surface area (Å²) >= 11 is 1.71. The molecule has 1 rings (SSSR count). The molecule has 0 spiro atoms. The molecule has 0 aliphatic carbocycles. The monoisotopic (exact) mass is 237 g/mol. The number of benzene rings is 1. The zero-order valence-electron chi connectivity index (χ0n) is 9.69. The van der Waals surface area contributed by atoms with E-state index in [9.17, 15) is 4.79 Å². The van der Waals surface area contributed by atoms with E-state index in [0.717, 1.165) is 22.0 Å². The molecular formula is C12H15NO2S. The van der Waals surface area contributed by atoms with Crippen molar-refractivity contribution < 1.29 is 9.53 Å². The standard InChI is InChI=1S/C12H15NO2S/c1-4-16-11-7-5-6-10(12(11)15-3)9(2)13-8-14/h5-7,9H,4H2,1-3H3. The molecule has 0 fully saturated rings. The Kier molecular flexibility index (Phi) is 5.09. The molecule has 0 aliphatic heterocycles. The number of hydrogen-bond donors (Lipinski definition) is 0. The highest BCUT2D eigenvalue weighted by atomic mass is 32.2. The Hall–Kier alpha value is -1.25. The van der Waals surface area contributed by atoms with Gasteiger partial charge < -0.3 is 4.74 Å². The van der Waals surface area contributed by atoms with Gasteiger partial charge in [0.25, 0.3) is 0 Å². The highest BCUT2D eigenvalue weighted by molar-refractivity contribution is 7.99. The molecule has 1 aromatic carbocycles. The normalized spacial score (nSPS) is 11.7. The predicted molar refractivity (Wildman–Crippen MR) is 65.9 cm³/mol. The molecule has 0 radical (unpaired) electrons. The number of methoxy groups -OCH3 is 1. The summed E-state index contributed by atoms with van der Waals surface area (Å²) in [4.78, 5) is 15.1. The smallest absolute Gasteiger partial charge is 0.235 e. The molecule has 1 unspecified atom stereocenters. The first-order chi connectivity index (χ1) is 7.74. The molecule has 1 aromatic rings. The Bertz CT molecular complexity index is 400. The molecule has 0 amide bonds. The van der Waals surface area contributed by atoms with Gasteiger partial charge in [-0.2, -0.15) is 4.99 Å². The van der Waals surface area contributed by atoms with E-state index in [4.69, 9.17) is 4.74 Å². The van der Waals surface area contributed by atoms with Crippen molar-refractivity contribution in [2.45, 2.75) is 24.8 Å². The third-order valence-electron chi connectivity index (χ3n) is 2.21. The van der Waals surface area contributed by atoms with Gasteiger partial charge in [0.2, 0.25) is 6.08 Å². The molecular weight excluding hydrogens is 222 g/mol. The number of hydrogen-bond acceptors (Lipinski definition) is 4. The van der Waals surface area contributed by atoms with Crippen LogP contribution in [0.15, 0.2) is 28.1 Å². The van der Waals surface area contributed by atoms with E-state index in [0.29, 0.717) is 0 Å². The maximum atomic E-state index is 10.3. The van der Waals surface area contributed by atoms with E-state index in [-0.39, 0.29) is 6.04 Å². The molecule has 1 atom stereocenters. The predicted octanol–water partition coefficient (Wildman–Crippen LogP) is 3.20. The number of nitrogens with zero attached hydrogens (tertiary/aromatic N) is 1. The Balaban J connectivity index is 3.17. The van der Waals surface area contributed by atoms with E-state index < -0.39 is 0 Å².